The van der Waals surface area contributed by atoms with Gasteiger partial charge >= 0.3 is 0 Å². The summed E-state index contributed by atoms with van der Waals surface area (Å²) in [5.41, 5.74) is 2.85. The Morgan fingerprint density at radius 1 is 1.28 bits per heavy atom. The smallest absolute Gasteiger partial charge is 0.141 e. The normalized spacial score (nSPS) is 16.9. The second-order valence-electron chi connectivity index (χ2n) is 5.71. The SMILES string of the molecule is Fc1cncc(CNC2NC=C(Cc3c[nH]c4ncc(Cl)cc34)S2)c1. The lowest BCUT2D eigenvalue weighted by Crippen LogP contribution is -2.33. The molecule has 0 aromatic carbocycles. The number of allylic oxidation sites excluding steroid dienone is 1. The Morgan fingerprint density at radius 2 is 2.20 bits per heavy atom. The molecule has 3 aromatic heterocycles. The van der Waals surface area contributed by atoms with E-state index >= 15 is 0 Å². The van der Waals surface area contributed by atoms with Crippen LogP contribution >= 0.6 is 23.4 Å². The number of H-pyrrole nitrogens is 1. The van der Waals surface area contributed by atoms with E-state index in [-0.39, 0.29) is 11.3 Å². The maximum atomic E-state index is 13.2. The highest BCUT2D eigenvalue weighted by atomic mass is 35.5. The Balaban J connectivity index is 1.36. The lowest BCUT2D eigenvalue weighted by atomic mass is 10.1. The van der Waals surface area contributed by atoms with Crippen molar-refractivity contribution < 1.29 is 4.39 Å². The zero-order chi connectivity index (χ0) is 17.2. The summed E-state index contributed by atoms with van der Waals surface area (Å²) in [4.78, 5) is 12.5. The molecular formula is C17H15ClFN5S. The maximum Gasteiger partial charge on any atom is 0.141 e. The maximum absolute atomic E-state index is 13.2. The van der Waals surface area contributed by atoms with Gasteiger partial charge in [-0.05, 0) is 23.3 Å². The highest BCUT2D eigenvalue weighted by molar-refractivity contribution is 8.03. The molecule has 0 aliphatic carbocycles. The Labute approximate surface area is 153 Å². The van der Waals surface area contributed by atoms with Gasteiger partial charge in [0.2, 0.25) is 0 Å². The summed E-state index contributed by atoms with van der Waals surface area (Å²) in [6.45, 7) is 0.545. The highest BCUT2D eigenvalue weighted by Crippen LogP contribution is 2.30. The van der Waals surface area contributed by atoms with Gasteiger partial charge in [-0.25, -0.2) is 9.37 Å². The van der Waals surface area contributed by atoms with E-state index in [1.54, 1.807) is 24.2 Å². The number of nitrogens with zero attached hydrogens (tertiary/aromatic N) is 2. The molecule has 1 aliphatic heterocycles. The first-order chi connectivity index (χ1) is 12.2. The van der Waals surface area contributed by atoms with E-state index in [0.29, 0.717) is 11.6 Å². The summed E-state index contributed by atoms with van der Waals surface area (Å²) < 4.78 is 13.2. The van der Waals surface area contributed by atoms with E-state index in [4.69, 9.17) is 11.6 Å². The van der Waals surface area contributed by atoms with Gasteiger partial charge in [0.05, 0.1) is 11.2 Å². The van der Waals surface area contributed by atoms with Crippen molar-refractivity contribution >= 4 is 34.4 Å². The number of halogens is 2. The number of hydrogen-bond acceptors (Lipinski definition) is 5. The van der Waals surface area contributed by atoms with E-state index in [0.717, 1.165) is 28.6 Å². The first-order valence-electron chi connectivity index (χ1n) is 7.73. The van der Waals surface area contributed by atoms with Crippen LogP contribution in [0, 0.1) is 5.82 Å². The zero-order valence-electron chi connectivity index (χ0n) is 13.1. The molecule has 3 aromatic rings. The van der Waals surface area contributed by atoms with Gasteiger partial charge in [-0.2, -0.15) is 0 Å². The molecule has 4 rings (SSSR count). The summed E-state index contributed by atoms with van der Waals surface area (Å²) in [6, 6.07) is 3.41. The largest absolute Gasteiger partial charge is 0.366 e. The Hall–Kier alpha value is -2.09. The van der Waals surface area contributed by atoms with Crippen molar-refractivity contribution in [3.05, 3.63) is 70.0 Å². The van der Waals surface area contributed by atoms with Crippen LogP contribution in [0.25, 0.3) is 11.0 Å². The standard InChI is InChI=1S/C17H15ClFN5S/c18-12-3-15-11(6-21-16(15)22-7-12)2-14-9-24-17(25-14)23-5-10-1-13(19)8-20-4-10/h1,3-4,6-9,17,23-24H,2,5H2,(H,21,22). The van der Waals surface area contributed by atoms with Gasteiger partial charge < -0.3 is 10.3 Å². The molecule has 3 N–H and O–H groups in total. The molecule has 0 fully saturated rings. The molecule has 0 bridgehead atoms. The predicted octanol–water partition coefficient (Wildman–Crippen LogP) is 3.54. The van der Waals surface area contributed by atoms with Crippen LogP contribution in [-0.2, 0) is 13.0 Å². The van der Waals surface area contributed by atoms with Crippen LogP contribution in [0.1, 0.15) is 11.1 Å². The van der Waals surface area contributed by atoms with Crippen LogP contribution in [0.15, 0.2) is 48.0 Å². The number of rotatable bonds is 5. The number of nitrogens with one attached hydrogen (secondary N) is 3. The minimum absolute atomic E-state index is 0.0465. The number of aromatic amines is 1. The van der Waals surface area contributed by atoms with Crippen molar-refractivity contribution in [1.82, 2.24) is 25.6 Å². The lowest BCUT2D eigenvalue weighted by molar-refractivity contribution is 0.595. The van der Waals surface area contributed by atoms with Crippen molar-refractivity contribution in [1.29, 1.82) is 0 Å². The predicted molar refractivity (Wildman–Crippen MR) is 98.4 cm³/mol. The third-order valence-electron chi connectivity index (χ3n) is 3.87. The second-order valence-corrected chi connectivity index (χ2v) is 7.38. The average molecular weight is 376 g/mol. The van der Waals surface area contributed by atoms with Gasteiger partial charge in [-0.15, -0.1) is 0 Å². The van der Waals surface area contributed by atoms with Crippen LogP contribution in [0.2, 0.25) is 5.02 Å². The third-order valence-corrected chi connectivity index (χ3v) is 5.18. The number of hydrogen-bond donors (Lipinski definition) is 3. The second kappa shape index (κ2) is 7.03. The minimum atomic E-state index is -0.322. The molecule has 0 saturated carbocycles. The summed E-state index contributed by atoms with van der Waals surface area (Å²) in [6.07, 6.45) is 9.26. The summed E-state index contributed by atoms with van der Waals surface area (Å²) in [7, 11) is 0. The molecule has 0 saturated heterocycles. The summed E-state index contributed by atoms with van der Waals surface area (Å²) in [5, 5.41) is 8.29. The van der Waals surface area contributed by atoms with Crippen molar-refractivity contribution in [2.45, 2.75) is 18.5 Å². The van der Waals surface area contributed by atoms with E-state index in [1.807, 2.05) is 18.5 Å². The molecular weight excluding hydrogens is 361 g/mol. The van der Waals surface area contributed by atoms with Gasteiger partial charge in [-0.1, -0.05) is 23.4 Å². The van der Waals surface area contributed by atoms with Gasteiger partial charge in [0.1, 0.15) is 17.0 Å². The van der Waals surface area contributed by atoms with Crippen molar-refractivity contribution in [2.24, 2.45) is 0 Å². The number of pyridine rings is 2. The fourth-order valence-corrected chi connectivity index (χ4v) is 3.85. The van der Waals surface area contributed by atoms with Gasteiger partial charge in [0.15, 0.2) is 0 Å². The van der Waals surface area contributed by atoms with E-state index in [9.17, 15) is 4.39 Å². The molecule has 1 atom stereocenters. The molecule has 0 amide bonds. The molecule has 128 valence electrons. The molecule has 5 nitrogen and oxygen atoms in total. The van der Waals surface area contributed by atoms with Gasteiger partial charge in [0, 0.05) is 48.0 Å². The van der Waals surface area contributed by atoms with Gasteiger partial charge in [-0.3, -0.25) is 10.3 Å². The van der Waals surface area contributed by atoms with Crippen molar-refractivity contribution in [3.63, 3.8) is 0 Å². The third kappa shape index (κ3) is 3.78. The molecule has 8 heteroatoms. The molecule has 25 heavy (non-hydrogen) atoms. The zero-order valence-corrected chi connectivity index (χ0v) is 14.7. The number of thioether (sulfide) groups is 1. The summed E-state index contributed by atoms with van der Waals surface area (Å²) >= 11 is 7.75. The van der Waals surface area contributed by atoms with Crippen molar-refractivity contribution in [2.75, 3.05) is 0 Å². The van der Waals surface area contributed by atoms with E-state index in [2.05, 4.69) is 25.6 Å². The van der Waals surface area contributed by atoms with Crippen LogP contribution in [-0.4, -0.2) is 20.4 Å². The highest BCUT2D eigenvalue weighted by Gasteiger charge is 2.18. The van der Waals surface area contributed by atoms with Crippen molar-refractivity contribution in [3.8, 4) is 0 Å². The summed E-state index contributed by atoms with van der Waals surface area (Å²) in [5.74, 6) is -0.322. The molecule has 1 aliphatic rings. The Morgan fingerprint density at radius 3 is 3.08 bits per heavy atom. The van der Waals surface area contributed by atoms with Crippen LogP contribution in [0.3, 0.4) is 0 Å². The van der Waals surface area contributed by atoms with Gasteiger partial charge in [0.25, 0.3) is 0 Å². The average Bonchev–Trinajstić information content (AvgIpc) is 3.21. The topological polar surface area (TPSA) is 65.6 Å². The molecule has 0 spiro atoms. The Kier molecular flexibility index (Phi) is 4.61. The monoisotopic (exact) mass is 375 g/mol. The molecule has 0 radical (unpaired) electrons. The van der Waals surface area contributed by atoms with E-state index in [1.165, 1.54) is 17.2 Å². The number of aromatic nitrogens is 3. The Bertz CT molecular complexity index is 942. The minimum Gasteiger partial charge on any atom is -0.366 e. The molecule has 1 unspecified atom stereocenters. The first kappa shape index (κ1) is 16.4. The van der Waals surface area contributed by atoms with Crippen LogP contribution in [0.5, 0.6) is 0 Å². The lowest BCUT2D eigenvalue weighted by Gasteiger charge is -2.13. The fraction of sp³-hybridized carbons (Fsp3) is 0.176. The first-order valence-corrected chi connectivity index (χ1v) is 8.99. The quantitative estimate of drug-likeness (QED) is 0.636. The fourth-order valence-electron chi connectivity index (χ4n) is 2.71. The van der Waals surface area contributed by atoms with E-state index < -0.39 is 0 Å². The number of fused-ring (bicyclic) bond motifs is 1. The van der Waals surface area contributed by atoms with Crippen LogP contribution < -0.4 is 10.6 Å². The molecule has 4 heterocycles. The van der Waals surface area contributed by atoms with Crippen LogP contribution in [0.4, 0.5) is 4.39 Å².